The van der Waals surface area contributed by atoms with Crippen LogP contribution < -0.4 is 10.6 Å². The number of benzene rings is 1. The number of nitrogens with one attached hydrogen (secondary N) is 2. The van der Waals surface area contributed by atoms with Crippen molar-refractivity contribution in [2.75, 3.05) is 13.1 Å². The minimum atomic E-state index is 0.543. The van der Waals surface area contributed by atoms with Gasteiger partial charge in [-0.3, -0.25) is 0 Å². The zero-order chi connectivity index (χ0) is 19.2. The predicted molar refractivity (Wildman–Crippen MR) is 108 cm³/mol. The molecule has 3 aromatic rings. The number of fused-ring (bicyclic) bond motifs is 1. The van der Waals surface area contributed by atoms with Crippen molar-refractivity contribution in [2.45, 2.75) is 39.3 Å². The van der Waals surface area contributed by atoms with Crippen LogP contribution in [0.25, 0.3) is 5.69 Å². The minimum Gasteiger partial charge on any atom is -0.357 e. The Hall–Kier alpha value is -3.16. The van der Waals surface area contributed by atoms with Gasteiger partial charge in [0.25, 0.3) is 0 Å². The SMILES string of the molecule is CCNC(=NCc1nnc2n1CCC2)NCCc1ccc(-n2cccn2)cc1. The van der Waals surface area contributed by atoms with E-state index in [4.69, 9.17) is 0 Å². The van der Waals surface area contributed by atoms with Gasteiger partial charge in [-0.2, -0.15) is 5.10 Å². The van der Waals surface area contributed by atoms with Crippen molar-refractivity contribution in [3.8, 4) is 5.69 Å². The summed E-state index contributed by atoms with van der Waals surface area (Å²) in [5, 5.41) is 19.5. The van der Waals surface area contributed by atoms with E-state index >= 15 is 0 Å². The van der Waals surface area contributed by atoms with E-state index in [9.17, 15) is 0 Å². The van der Waals surface area contributed by atoms with Crippen molar-refractivity contribution in [1.29, 1.82) is 0 Å². The second-order valence-electron chi connectivity index (χ2n) is 6.78. The summed E-state index contributed by atoms with van der Waals surface area (Å²) < 4.78 is 4.05. The lowest BCUT2D eigenvalue weighted by Crippen LogP contribution is -2.38. The van der Waals surface area contributed by atoms with E-state index in [1.807, 2.05) is 16.9 Å². The van der Waals surface area contributed by atoms with Gasteiger partial charge in [-0.15, -0.1) is 10.2 Å². The second kappa shape index (κ2) is 8.69. The molecule has 28 heavy (non-hydrogen) atoms. The number of rotatable bonds is 7. The summed E-state index contributed by atoms with van der Waals surface area (Å²) in [4.78, 5) is 4.67. The van der Waals surface area contributed by atoms with Crippen molar-refractivity contribution >= 4 is 5.96 Å². The summed E-state index contributed by atoms with van der Waals surface area (Å²) in [6.07, 6.45) is 6.82. The van der Waals surface area contributed by atoms with Crippen LogP contribution >= 0.6 is 0 Å². The van der Waals surface area contributed by atoms with Crippen molar-refractivity contribution in [2.24, 2.45) is 4.99 Å². The summed E-state index contributed by atoms with van der Waals surface area (Å²) in [5.41, 5.74) is 2.34. The zero-order valence-corrected chi connectivity index (χ0v) is 16.2. The highest BCUT2D eigenvalue weighted by atomic mass is 15.3. The third-order valence-electron chi connectivity index (χ3n) is 4.82. The highest BCUT2D eigenvalue weighted by Gasteiger charge is 2.16. The van der Waals surface area contributed by atoms with Gasteiger partial charge in [-0.25, -0.2) is 9.67 Å². The molecule has 0 radical (unpaired) electrons. The smallest absolute Gasteiger partial charge is 0.191 e. The van der Waals surface area contributed by atoms with E-state index in [1.165, 1.54) is 5.56 Å². The maximum absolute atomic E-state index is 4.67. The Morgan fingerprint density at radius 3 is 2.86 bits per heavy atom. The van der Waals surface area contributed by atoms with Crippen LogP contribution in [0.15, 0.2) is 47.7 Å². The summed E-state index contributed by atoms with van der Waals surface area (Å²) in [6.45, 7) is 5.25. The standard InChI is InChI=1S/C20H26N8/c1-2-21-20(23-15-19-26-25-18-5-3-13-27(18)19)22-12-10-16-6-8-17(9-7-16)28-14-4-11-24-28/h4,6-9,11,14H,2-3,5,10,12-13,15H2,1H3,(H2,21,22,23). The van der Waals surface area contributed by atoms with E-state index in [0.717, 1.165) is 62.2 Å². The first-order chi connectivity index (χ1) is 13.8. The van der Waals surface area contributed by atoms with Crippen LogP contribution in [0.3, 0.4) is 0 Å². The molecule has 0 aliphatic carbocycles. The molecule has 0 saturated heterocycles. The summed E-state index contributed by atoms with van der Waals surface area (Å²) in [7, 11) is 0. The summed E-state index contributed by atoms with van der Waals surface area (Å²) >= 11 is 0. The normalized spacial score (nSPS) is 13.5. The molecular weight excluding hydrogens is 352 g/mol. The number of nitrogens with zero attached hydrogens (tertiary/aromatic N) is 6. The molecule has 4 rings (SSSR count). The van der Waals surface area contributed by atoms with Gasteiger partial charge in [0.15, 0.2) is 11.8 Å². The van der Waals surface area contributed by atoms with Crippen LogP contribution in [0.2, 0.25) is 0 Å². The molecule has 0 fully saturated rings. The maximum atomic E-state index is 4.67. The molecule has 1 aliphatic heterocycles. The van der Waals surface area contributed by atoms with E-state index in [2.05, 4.69) is 66.7 Å². The molecule has 0 saturated carbocycles. The van der Waals surface area contributed by atoms with Gasteiger partial charge in [-0.1, -0.05) is 12.1 Å². The van der Waals surface area contributed by atoms with Crippen LogP contribution in [-0.4, -0.2) is 43.6 Å². The fourth-order valence-electron chi connectivity index (χ4n) is 3.38. The zero-order valence-electron chi connectivity index (χ0n) is 16.2. The minimum absolute atomic E-state index is 0.543. The average Bonchev–Trinajstić information content (AvgIpc) is 3.45. The largest absolute Gasteiger partial charge is 0.357 e. The molecule has 2 aromatic heterocycles. The molecule has 0 unspecified atom stereocenters. The molecule has 146 valence electrons. The van der Waals surface area contributed by atoms with Gasteiger partial charge in [0.2, 0.25) is 0 Å². The van der Waals surface area contributed by atoms with Crippen LogP contribution in [0.1, 0.15) is 30.6 Å². The molecule has 0 amide bonds. The van der Waals surface area contributed by atoms with Gasteiger partial charge in [0.1, 0.15) is 12.4 Å². The van der Waals surface area contributed by atoms with Crippen LogP contribution in [0.5, 0.6) is 0 Å². The van der Waals surface area contributed by atoms with Crippen LogP contribution in [0.4, 0.5) is 0 Å². The first kappa shape index (κ1) is 18.2. The number of hydrogen-bond donors (Lipinski definition) is 2. The number of guanidine groups is 1. The van der Waals surface area contributed by atoms with Crippen molar-refractivity contribution in [3.05, 3.63) is 59.9 Å². The fourth-order valence-corrected chi connectivity index (χ4v) is 3.38. The van der Waals surface area contributed by atoms with E-state index in [0.29, 0.717) is 6.54 Å². The fraction of sp³-hybridized carbons (Fsp3) is 0.400. The molecule has 8 nitrogen and oxygen atoms in total. The molecule has 0 bridgehead atoms. The lowest BCUT2D eigenvalue weighted by molar-refractivity contribution is 0.684. The third-order valence-corrected chi connectivity index (χ3v) is 4.82. The van der Waals surface area contributed by atoms with E-state index < -0.39 is 0 Å². The molecule has 3 heterocycles. The molecule has 8 heteroatoms. The first-order valence-corrected chi connectivity index (χ1v) is 9.85. The Balaban J connectivity index is 1.31. The molecule has 0 atom stereocenters. The molecule has 2 N–H and O–H groups in total. The van der Waals surface area contributed by atoms with Crippen molar-refractivity contribution in [1.82, 2.24) is 35.2 Å². The van der Waals surface area contributed by atoms with E-state index in [-0.39, 0.29) is 0 Å². The summed E-state index contributed by atoms with van der Waals surface area (Å²) in [6, 6.07) is 10.4. The van der Waals surface area contributed by atoms with Gasteiger partial charge >= 0.3 is 0 Å². The number of aliphatic imine (C=N–C) groups is 1. The van der Waals surface area contributed by atoms with Crippen LogP contribution in [-0.2, 0) is 25.9 Å². The van der Waals surface area contributed by atoms with E-state index in [1.54, 1.807) is 6.20 Å². The Morgan fingerprint density at radius 1 is 1.18 bits per heavy atom. The monoisotopic (exact) mass is 378 g/mol. The quantitative estimate of drug-likeness (QED) is 0.483. The number of aryl methyl sites for hydroxylation is 1. The molecule has 1 aromatic carbocycles. The highest BCUT2D eigenvalue weighted by Crippen LogP contribution is 2.14. The van der Waals surface area contributed by atoms with Gasteiger partial charge in [-0.05, 0) is 43.5 Å². The predicted octanol–water partition coefficient (Wildman–Crippen LogP) is 1.71. The molecular formula is C20H26N8. The highest BCUT2D eigenvalue weighted by molar-refractivity contribution is 5.79. The van der Waals surface area contributed by atoms with Gasteiger partial charge in [0.05, 0.1) is 5.69 Å². The van der Waals surface area contributed by atoms with Crippen molar-refractivity contribution < 1.29 is 0 Å². The molecule has 0 spiro atoms. The summed E-state index contributed by atoms with van der Waals surface area (Å²) in [5.74, 6) is 2.84. The van der Waals surface area contributed by atoms with Crippen molar-refractivity contribution in [3.63, 3.8) is 0 Å². The third kappa shape index (κ3) is 4.21. The topological polar surface area (TPSA) is 85.0 Å². The average molecular weight is 378 g/mol. The molecule has 1 aliphatic rings. The Kier molecular flexibility index (Phi) is 5.65. The maximum Gasteiger partial charge on any atom is 0.191 e. The first-order valence-electron chi connectivity index (χ1n) is 9.85. The lowest BCUT2D eigenvalue weighted by Gasteiger charge is -2.11. The Labute approximate surface area is 164 Å². The Bertz CT molecular complexity index is 908. The Morgan fingerprint density at radius 2 is 2.07 bits per heavy atom. The number of aromatic nitrogens is 5. The van der Waals surface area contributed by atoms with Crippen LogP contribution in [0, 0.1) is 0 Å². The number of hydrogen-bond acceptors (Lipinski definition) is 4. The lowest BCUT2D eigenvalue weighted by atomic mass is 10.1. The van der Waals surface area contributed by atoms with Gasteiger partial charge < -0.3 is 15.2 Å². The van der Waals surface area contributed by atoms with Gasteiger partial charge in [0, 0.05) is 38.4 Å². The second-order valence-corrected chi connectivity index (χ2v) is 6.78.